The van der Waals surface area contributed by atoms with Crippen molar-refractivity contribution in [2.45, 2.75) is 31.9 Å². The molecule has 4 aromatic rings. The van der Waals surface area contributed by atoms with E-state index in [4.69, 9.17) is 9.84 Å². The Labute approximate surface area is 186 Å². The molecule has 11 heteroatoms. The standard InChI is InChI=1S/C21H20FN7O2S/c1-2-31-13-7-12(8-13)29-10-16(18(28-29)15-5-3-4-6-23-15)25-20(30)17-11-32-21(26-17)14-9-24-27-19(14)22/h3-6,9-13H,2,7-8H2,1H3,(H,24,27)(H,25,30). The summed E-state index contributed by atoms with van der Waals surface area (Å²) in [6, 6.07) is 5.74. The lowest BCUT2D eigenvalue weighted by molar-refractivity contribution is -0.0226. The van der Waals surface area contributed by atoms with Gasteiger partial charge in [0.25, 0.3) is 5.91 Å². The molecule has 1 amide bonds. The number of H-pyrrole nitrogens is 1. The smallest absolute Gasteiger partial charge is 0.275 e. The van der Waals surface area contributed by atoms with Crippen LogP contribution in [0.15, 0.2) is 42.2 Å². The number of halogens is 1. The van der Waals surface area contributed by atoms with Gasteiger partial charge in [-0.25, -0.2) is 4.98 Å². The highest BCUT2D eigenvalue weighted by Gasteiger charge is 2.32. The van der Waals surface area contributed by atoms with E-state index in [9.17, 15) is 9.18 Å². The van der Waals surface area contributed by atoms with E-state index in [2.05, 4.69) is 25.5 Å². The normalized spacial score (nSPS) is 17.8. The zero-order valence-corrected chi connectivity index (χ0v) is 18.0. The van der Waals surface area contributed by atoms with Crippen LogP contribution in [0.2, 0.25) is 0 Å². The number of anilines is 1. The van der Waals surface area contributed by atoms with Gasteiger partial charge >= 0.3 is 0 Å². The number of hydrogen-bond acceptors (Lipinski definition) is 7. The first-order chi connectivity index (χ1) is 15.6. The molecule has 0 unspecified atom stereocenters. The number of hydrogen-bond donors (Lipinski definition) is 2. The third-order valence-corrected chi connectivity index (χ3v) is 6.17. The second-order valence-electron chi connectivity index (χ2n) is 7.38. The van der Waals surface area contributed by atoms with Gasteiger partial charge in [0, 0.05) is 24.4 Å². The molecule has 0 radical (unpaired) electrons. The van der Waals surface area contributed by atoms with E-state index < -0.39 is 11.9 Å². The zero-order chi connectivity index (χ0) is 22.1. The molecule has 1 fully saturated rings. The summed E-state index contributed by atoms with van der Waals surface area (Å²) in [6.07, 6.45) is 6.82. The maximum Gasteiger partial charge on any atom is 0.275 e. The highest BCUT2D eigenvalue weighted by molar-refractivity contribution is 7.13. The molecule has 2 N–H and O–H groups in total. The number of carbonyl (C=O) groups excluding carboxylic acids is 1. The van der Waals surface area contributed by atoms with Gasteiger partial charge in [0.2, 0.25) is 5.95 Å². The Hall–Kier alpha value is -3.44. The lowest BCUT2D eigenvalue weighted by Gasteiger charge is -2.34. The van der Waals surface area contributed by atoms with E-state index in [1.54, 1.807) is 11.6 Å². The summed E-state index contributed by atoms with van der Waals surface area (Å²) in [6.45, 7) is 2.67. The van der Waals surface area contributed by atoms with E-state index in [1.165, 1.54) is 17.5 Å². The van der Waals surface area contributed by atoms with E-state index in [1.807, 2.05) is 36.0 Å². The Morgan fingerprint density at radius 3 is 3.00 bits per heavy atom. The lowest BCUT2D eigenvalue weighted by atomic mass is 9.89. The number of ether oxygens (including phenoxy) is 1. The van der Waals surface area contributed by atoms with Crippen LogP contribution in [0.5, 0.6) is 0 Å². The molecule has 164 valence electrons. The molecule has 1 aliphatic rings. The number of rotatable bonds is 7. The minimum Gasteiger partial charge on any atom is -0.378 e. The van der Waals surface area contributed by atoms with E-state index >= 15 is 0 Å². The summed E-state index contributed by atoms with van der Waals surface area (Å²) in [5.41, 5.74) is 2.18. The number of pyridine rings is 1. The molecule has 32 heavy (non-hydrogen) atoms. The summed E-state index contributed by atoms with van der Waals surface area (Å²) in [7, 11) is 0. The molecule has 0 aliphatic heterocycles. The number of thiazole rings is 1. The van der Waals surface area contributed by atoms with Crippen molar-refractivity contribution in [1.82, 2.24) is 29.9 Å². The van der Waals surface area contributed by atoms with Crippen molar-refractivity contribution < 1.29 is 13.9 Å². The van der Waals surface area contributed by atoms with Gasteiger partial charge < -0.3 is 10.1 Å². The van der Waals surface area contributed by atoms with Crippen LogP contribution in [-0.2, 0) is 4.74 Å². The summed E-state index contributed by atoms with van der Waals surface area (Å²) < 4.78 is 21.3. The predicted octanol–water partition coefficient (Wildman–Crippen LogP) is 3.92. The fraction of sp³-hybridized carbons (Fsp3) is 0.286. The van der Waals surface area contributed by atoms with Gasteiger partial charge in [0.15, 0.2) is 0 Å². The Kier molecular flexibility index (Phi) is 5.50. The van der Waals surface area contributed by atoms with Gasteiger partial charge in [-0.15, -0.1) is 11.3 Å². The average Bonchev–Trinajstić information content (AvgIpc) is 3.50. The van der Waals surface area contributed by atoms with Crippen molar-refractivity contribution in [1.29, 1.82) is 0 Å². The zero-order valence-electron chi connectivity index (χ0n) is 17.2. The number of amides is 1. The topological polar surface area (TPSA) is 111 Å². The first kappa shape index (κ1) is 20.5. The van der Waals surface area contributed by atoms with E-state index in [0.29, 0.717) is 28.7 Å². The van der Waals surface area contributed by atoms with Crippen molar-refractivity contribution in [3.05, 3.63) is 53.8 Å². The van der Waals surface area contributed by atoms with Crippen molar-refractivity contribution >= 4 is 22.9 Å². The molecule has 9 nitrogen and oxygen atoms in total. The van der Waals surface area contributed by atoms with Gasteiger partial charge in [-0.1, -0.05) is 6.07 Å². The molecule has 0 spiro atoms. The first-order valence-electron chi connectivity index (χ1n) is 10.2. The summed E-state index contributed by atoms with van der Waals surface area (Å²) in [5, 5.41) is 15.4. The minimum atomic E-state index is -0.587. The fourth-order valence-corrected chi connectivity index (χ4v) is 4.40. The third-order valence-electron chi connectivity index (χ3n) is 5.29. The highest BCUT2D eigenvalue weighted by Crippen LogP contribution is 2.37. The van der Waals surface area contributed by atoms with Crippen LogP contribution in [0.3, 0.4) is 0 Å². The molecule has 4 aromatic heterocycles. The minimum absolute atomic E-state index is 0.186. The summed E-state index contributed by atoms with van der Waals surface area (Å²) >= 11 is 1.17. The molecule has 5 rings (SSSR count). The van der Waals surface area contributed by atoms with Crippen LogP contribution < -0.4 is 5.32 Å². The second kappa shape index (κ2) is 8.60. The van der Waals surface area contributed by atoms with E-state index in [-0.39, 0.29) is 23.4 Å². The Morgan fingerprint density at radius 1 is 1.41 bits per heavy atom. The van der Waals surface area contributed by atoms with Gasteiger partial charge in [-0.2, -0.15) is 14.6 Å². The number of nitrogens with one attached hydrogen (secondary N) is 2. The van der Waals surface area contributed by atoms with Gasteiger partial charge in [-0.05, 0) is 31.9 Å². The largest absolute Gasteiger partial charge is 0.378 e. The van der Waals surface area contributed by atoms with Gasteiger partial charge in [0.1, 0.15) is 16.4 Å². The van der Waals surface area contributed by atoms with Crippen LogP contribution >= 0.6 is 11.3 Å². The molecular formula is C21H20FN7O2S. The average molecular weight is 454 g/mol. The van der Waals surface area contributed by atoms with Gasteiger partial charge in [-0.3, -0.25) is 19.6 Å². The van der Waals surface area contributed by atoms with Crippen molar-refractivity contribution in [2.24, 2.45) is 0 Å². The first-order valence-corrected chi connectivity index (χ1v) is 11.1. The van der Waals surface area contributed by atoms with Crippen LogP contribution in [-0.4, -0.2) is 48.6 Å². The second-order valence-corrected chi connectivity index (χ2v) is 8.24. The number of carbonyl (C=O) groups is 1. The van der Waals surface area contributed by atoms with E-state index in [0.717, 1.165) is 12.8 Å². The van der Waals surface area contributed by atoms with Crippen LogP contribution in [0.25, 0.3) is 22.0 Å². The molecule has 4 heterocycles. The quantitative estimate of drug-likeness (QED) is 0.439. The molecule has 0 saturated heterocycles. The van der Waals surface area contributed by atoms with Gasteiger partial charge in [0.05, 0.1) is 35.3 Å². The molecular weight excluding hydrogens is 433 g/mol. The maximum absolute atomic E-state index is 13.7. The Balaban J connectivity index is 1.39. The number of aromatic amines is 1. The Bertz CT molecular complexity index is 1230. The fourth-order valence-electron chi connectivity index (χ4n) is 3.60. The monoisotopic (exact) mass is 453 g/mol. The number of aromatic nitrogens is 6. The SMILES string of the molecule is CCOC1CC(n2cc(NC(=O)c3csc(-c4cn[nH]c4F)n3)c(-c3ccccn3)n2)C1. The van der Waals surface area contributed by atoms with Crippen molar-refractivity contribution in [3.63, 3.8) is 0 Å². The molecule has 0 atom stereocenters. The number of nitrogens with zero attached hydrogens (tertiary/aromatic N) is 5. The van der Waals surface area contributed by atoms with Crippen LogP contribution in [0.1, 0.15) is 36.3 Å². The lowest BCUT2D eigenvalue weighted by Crippen LogP contribution is -2.33. The van der Waals surface area contributed by atoms with Crippen molar-refractivity contribution in [2.75, 3.05) is 11.9 Å². The highest BCUT2D eigenvalue weighted by atomic mass is 32.1. The molecule has 0 aromatic carbocycles. The summed E-state index contributed by atoms with van der Waals surface area (Å²) in [5.74, 6) is -0.996. The molecule has 1 saturated carbocycles. The van der Waals surface area contributed by atoms with Crippen molar-refractivity contribution in [3.8, 4) is 22.0 Å². The van der Waals surface area contributed by atoms with Crippen LogP contribution in [0, 0.1) is 5.95 Å². The molecule has 0 bridgehead atoms. The summed E-state index contributed by atoms with van der Waals surface area (Å²) in [4.78, 5) is 21.5. The van der Waals surface area contributed by atoms with Crippen LogP contribution in [0.4, 0.5) is 10.1 Å². The maximum atomic E-state index is 13.7. The Morgan fingerprint density at radius 2 is 2.28 bits per heavy atom. The predicted molar refractivity (Wildman–Crippen MR) is 117 cm³/mol. The molecule has 1 aliphatic carbocycles. The third kappa shape index (κ3) is 3.92.